The van der Waals surface area contributed by atoms with Crippen molar-refractivity contribution < 1.29 is 9.47 Å². The predicted molar refractivity (Wildman–Crippen MR) is 258 cm³/mol. The molecule has 0 aliphatic heterocycles. The molecule has 9 aromatic rings. The summed E-state index contributed by atoms with van der Waals surface area (Å²) in [6, 6.07) is 88.8. The fourth-order valence-electron chi connectivity index (χ4n) is 9.32. The minimum Gasteiger partial charge on any atom is -0.496 e. The van der Waals surface area contributed by atoms with E-state index in [1.165, 1.54) is 41.5 Å². The van der Waals surface area contributed by atoms with Crippen LogP contribution >= 0.6 is 0 Å². The van der Waals surface area contributed by atoms with E-state index in [2.05, 4.69) is 243 Å². The Bertz CT molecular complexity index is 2420. The van der Waals surface area contributed by atoms with Crippen LogP contribution in [0.5, 0.6) is 11.5 Å². The first-order valence-electron chi connectivity index (χ1n) is 20.5. The van der Waals surface area contributed by atoms with E-state index >= 15 is 0 Å². The first-order chi connectivity index (χ1) is 29.7. The van der Waals surface area contributed by atoms with E-state index in [0.717, 1.165) is 33.8 Å². The summed E-state index contributed by atoms with van der Waals surface area (Å²) >= 11 is 0. The number of ether oxygens (including phenoxy) is 2. The van der Waals surface area contributed by atoms with Crippen molar-refractivity contribution in [3.8, 4) is 33.8 Å². The number of hydrogen-bond donors (Lipinski definition) is 0. The summed E-state index contributed by atoms with van der Waals surface area (Å²) in [5.41, 5.74) is 4.11. The van der Waals surface area contributed by atoms with Gasteiger partial charge in [0.15, 0.2) is 16.1 Å². The Morgan fingerprint density at radius 3 is 0.717 bits per heavy atom. The first kappa shape index (κ1) is 38.5. The van der Waals surface area contributed by atoms with Crippen molar-refractivity contribution in [3.05, 3.63) is 243 Å². The molecule has 60 heavy (non-hydrogen) atoms. The summed E-state index contributed by atoms with van der Waals surface area (Å²) in [6.45, 7) is 0. The molecule has 9 rings (SSSR count). The summed E-state index contributed by atoms with van der Waals surface area (Å²) in [7, 11) is -1.97. The van der Waals surface area contributed by atoms with Crippen molar-refractivity contribution in [3.63, 3.8) is 0 Å². The predicted octanol–water partition coefficient (Wildman–Crippen LogP) is 7.79. The van der Waals surface area contributed by atoms with E-state index < -0.39 is 16.1 Å². The highest BCUT2D eigenvalue weighted by atomic mass is 28.3. The SMILES string of the molecule is COc1cc(-c2cccc([Si](c3ccccc3)(c3ccccc3)c3ccccc3)c2)c(OC)cc1-c1cccc([Si](c2ccccc2)(c2ccccc2)c2ccccc2)c1. The molecule has 0 radical (unpaired) electrons. The fourth-order valence-corrected chi connectivity index (χ4v) is 18.9. The molecule has 0 saturated carbocycles. The smallest absolute Gasteiger partial charge is 0.179 e. The van der Waals surface area contributed by atoms with E-state index in [4.69, 9.17) is 9.47 Å². The van der Waals surface area contributed by atoms with E-state index in [0.29, 0.717) is 0 Å². The quantitative estimate of drug-likeness (QED) is 0.0928. The van der Waals surface area contributed by atoms with Gasteiger partial charge in [0.25, 0.3) is 0 Å². The van der Waals surface area contributed by atoms with Crippen LogP contribution in [-0.4, -0.2) is 30.4 Å². The van der Waals surface area contributed by atoms with Gasteiger partial charge in [-0.2, -0.15) is 0 Å². The van der Waals surface area contributed by atoms with Crippen LogP contribution in [0.25, 0.3) is 22.3 Å². The highest BCUT2D eigenvalue weighted by molar-refractivity contribution is 7.20. The van der Waals surface area contributed by atoms with Crippen molar-refractivity contribution in [2.24, 2.45) is 0 Å². The Morgan fingerprint density at radius 1 is 0.250 bits per heavy atom. The van der Waals surface area contributed by atoms with Crippen molar-refractivity contribution in [2.75, 3.05) is 14.2 Å². The molecule has 0 heterocycles. The molecule has 0 saturated heterocycles. The van der Waals surface area contributed by atoms with Gasteiger partial charge in [0.2, 0.25) is 0 Å². The number of hydrogen-bond acceptors (Lipinski definition) is 2. The van der Waals surface area contributed by atoms with Gasteiger partial charge in [-0.05, 0) is 64.8 Å². The summed E-state index contributed by atoms with van der Waals surface area (Å²) in [5.74, 6) is 1.58. The molecule has 0 amide bonds. The van der Waals surface area contributed by atoms with E-state index in [1.54, 1.807) is 14.2 Å². The second kappa shape index (κ2) is 17.1. The van der Waals surface area contributed by atoms with Crippen LogP contribution in [0.3, 0.4) is 0 Å². The van der Waals surface area contributed by atoms with Crippen LogP contribution in [0.2, 0.25) is 0 Å². The van der Waals surface area contributed by atoms with Crippen molar-refractivity contribution in [2.45, 2.75) is 0 Å². The summed E-state index contributed by atoms with van der Waals surface area (Å²) < 4.78 is 12.6. The molecule has 0 aliphatic rings. The minimum absolute atomic E-state index is 0.789. The second-order valence-electron chi connectivity index (χ2n) is 15.1. The Hall–Kier alpha value is -6.99. The van der Waals surface area contributed by atoms with Gasteiger partial charge in [-0.3, -0.25) is 0 Å². The lowest BCUT2D eigenvalue weighted by molar-refractivity contribution is 0.406. The van der Waals surface area contributed by atoms with E-state index in [9.17, 15) is 0 Å². The maximum Gasteiger partial charge on any atom is 0.179 e. The van der Waals surface area contributed by atoms with Crippen LogP contribution in [0.15, 0.2) is 243 Å². The summed E-state index contributed by atoms with van der Waals surface area (Å²) in [6.07, 6.45) is 0. The third-order valence-electron chi connectivity index (χ3n) is 12.0. The van der Waals surface area contributed by atoms with Crippen LogP contribution in [-0.2, 0) is 0 Å². The molecule has 2 nitrogen and oxygen atoms in total. The minimum atomic E-state index is -2.75. The maximum atomic E-state index is 6.31. The van der Waals surface area contributed by atoms with Gasteiger partial charge in [-0.25, -0.2) is 0 Å². The van der Waals surface area contributed by atoms with Crippen LogP contribution in [0, 0.1) is 0 Å². The van der Waals surface area contributed by atoms with Gasteiger partial charge in [-0.1, -0.05) is 231 Å². The lowest BCUT2D eigenvalue weighted by Crippen LogP contribution is -2.74. The zero-order valence-corrected chi connectivity index (χ0v) is 35.9. The van der Waals surface area contributed by atoms with Crippen molar-refractivity contribution in [1.82, 2.24) is 0 Å². The number of benzene rings is 9. The molecular weight excluding hydrogens is 761 g/mol. The maximum absolute atomic E-state index is 6.31. The zero-order valence-electron chi connectivity index (χ0n) is 33.9. The molecule has 0 unspecified atom stereocenters. The molecular formula is C56H46O2Si2. The molecule has 0 bridgehead atoms. The largest absolute Gasteiger partial charge is 0.496 e. The lowest BCUT2D eigenvalue weighted by Gasteiger charge is -2.35. The van der Waals surface area contributed by atoms with Gasteiger partial charge < -0.3 is 9.47 Å². The summed E-state index contributed by atoms with van der Waals surface area (Å²) in [5, 5.41) is 10.6. The topological polar surface area (TPSA) is 18.5 Å². The third kappa shape index (κ3) is 6.80. The van der Waals surface area contributed by atoms with Gasteiger partial charge in [0.1, 0.15) is 11.5 Å². The summed E-state index contributed by atoms with van der Waals surface area (Å²) in [4.78, 5) is 0. The Morgan fingerprint density at radius 2 is 0.483 bits per heavy atom. The van der Waals surface area contributed by atoms with Gasteiger partial charge in [0, 0.05) is 11.1 Å². The van der Waals surface area contributed by atoms with Gasteiger partial charge >= 0.3 is 0 Å². The third-order valence-corrected chi connectivity index (χ3v) is 21.5. The van der Waals surface area contributed by atoms with Crippen LogP contribution in [0.4, 0.5) is 0 Å². The normalized spacial score (nSPS) is 11.5. The Balaban J connectivity index is 1.22. The van der Waals surface area contributed by atoms with E-state index in [-0.39, 0.29) is 0 Å². The van der Waals surface area contributed by atoms with E-state index in [1.807, 2.05) is 0 Å². The molecule has 0 aromatic heterocycles. The average molecular weight is 807 g/mol. The second-order valence-corrected chi connectivity index (χ2v) is 22.7. The fraction of sp³-hybridized carbons (Fsp3) is 0.0357. The number of rotatable bonds is 12. The Kier molecular flexibility index (Phi) is 11.0. The number of methoxy groups -OCH3 is 2. The Labute approximate surface area is 356 Å². The van der Waals surface area contributed by atoms with Crippen molar-refractivity contribution >= 4 is 57.6 Å². The van der Waals surface area contributed by atoms with Gasteiger partial charge in [-0.15, -0.1) is 0 Å². The molecule has 0 N–H and O–H groups in total. The molecule has 0 spiro atoms. The average Bonchev–Trinajstić information content (AvgIpc) is 3.34. The first-order valence-corrected chi connectivity index (χ1v) is 24.5. The zero-order chi connectivity index (χ0) is 40.8. The molecule has 0 atom stereocenters. The lowest BCUT2D eigenvalue weighted by atomic mass is 9.98. The molecule has 4 heteroatoms. The van der Waals surface area contributed by atoms with Gasteiger partial charge in [0.05, 0.1) is 14.2 Å². The molecule has 290 valence electrons. The van der Waals surface area contributed by atoms with Crippen LogP contribution in [0.1, 0.15) is 0 Å². The standard InChI is InChI=1S/C56H46O2Si2/c1-57-55-41-54(44-24-22-38-52(40-44)60(48-31-15-6-16-32-48,49-33-17-7-18-34-49)50-35-19-8-20-36-50)56(58-2)42-53(55)43-23-21-37-51(39-43)59(45-25-9-3-10-26-45,46-27-11-4-12-28-46)47-29-13-5-14-30-47/h3-42H,1-2H3. The highest BCUT2D eigenvalue weighted by Gasteiger charge is 2.43. The van der Waals surface area contributed by atoms with Crippen molar-refractivity contribution in [1.29, 1.82) is 0 Å². The molecule has 0 aliphatic carbocycles. The monoisotopic (exact) mass is 806 g/mol. The molecule has 9 aromatic carbocycles. The van der Waals surface area contributed by atoms with Crippen LogP contribution < -0.4 is 51.0 Å². The molecule has 0 fully saturated rings. The highest BCUT2D eigenvalue weighted by Crippen LogP contribution is 2.41.